The minimum Gasteiger partial charge on any atom is -0.390 e. The van der Waals surface area contributed by atoms with E-state index in [9.17, 15) is 5.11 Å². The molecule has 0 bridgehead atoms. The molecule has 0 amide bonds. The van der Waals surface area contributed by atoms with Crippen molar-refractivity contribution in [3.05, 3.63) is 6.42 Å². The molecule has 0 aliphatic rings. The van der Waals surface area contributed by atoms with Crippen LogP contribution in [0.25, 0.3) is 0 Å². The lowest BCUT2D eigenvalue weighted by molar-refractivity contribution is -0.0729. The van der Waals surface area contributed by atoms with Crippen LogP contribution in [0.2, 0.25) is 0 Å². The van der Waals surface area contributed by atoms with Gasteiger partial charge in [-0.1, -0.05) is 12.8 Å². The molecule has 2 N–H and O–H groups in total. The summed E-state index contributed by atoms with van der Waals surface area (Å²) in [4.78, 5) is 0. The van der Waals surface area contributed by atoms with Crippen molar-refractivity contribution in [1.29, 1.82) is 0 Å². The van der Waals surface area contributed by atoms with Gasteiger partial charge in [0, 0.05) is 6.42 Å². The van der Waals surface area contributed by atoms with Crippen molar-refractivity contribution in [3.63, 3.8) is 0 Å². The van der Waals surface area contributed by atoms with Gasteiger partial charge in [0.1, 0.15) is 0 Å². The lowest BCUT2D eigenvalue weighted by Crippen LogP contribution is -2.39. The second kappa shape index (κ2) is 4.38. The topological polar surface area (TPSA) is 40.5 Å². The first kappa shape index (κ1) is 10.5. The van der Waals surface area contributed by atoms with Crippen molar-refractivity contribution in [2.45, 2.75) is 44.8 Å². The molecule has 2 atom stereocenters. The van der Waals surface area contributed by atoms with E-state index in [2.05, 4.69) is 5.92 Å². The SMILES string of the molecule is [C]#CCCC(O)(CC)C(C)O. The van der Waals surface area contributed by atoms with Crippen LogP contribution in [-0.2, 0) is 0 Å². The zero-order valence-corrected chi connectivity index (χ0v) is 7.09. The van der Waals surface area contributed by atoms with E-state index in [0.29, 0.717) is 19.3 Å². The van der Waals surface area contributed by atoms with Crippen LogP contribution in [0.1, 0.15) is 33.1 Å². The van der Waals surface area contributed by atoms with Gasteiger partial charge in [0.2, 0.25) is 0 Å². The largest absolute Gasteiger partial charge is 0.390 e. The highest BCUT2D eigenvalue weighted by Crippen LogP contribution is 2.20. The second-order valence-electron chi connectivity index (χ2n) is 2.81. The molecule has 11 heavy (non-hydrogen) atoms. The minimum absolute atomic E-state index is 0.398. The molecule has 0 spiro atoms. The summed E-state index contributed by atoms with van der Waals surface area (Å²) in [6, 6.07) is 0. The number of aliphatic hydroxyl groups is 2. The Morgan fingerprint density at radius 1 is 1.64 bits per heavy atom. The molecule has 2 nitrogen and oxygen atoms in total. The van der Waals surface area contributed by atoms with Crippen LogP contribution in [-0.4, -0.2) is 21.9 Å². The lowest BCUT2D eigenvalue weighted by Gasteiger charge is -2.28. The molecular weight excluding hydrogens is 140 g/mol. The third-order valence-corrected chi connectivity index (χ3v) is 2.07. The number of hydrogen-bond donors (Lipinski definition) is 2. The molecular formula is C9H15O2. The molecule has 0 heterocycles. The maximum absolute atomic E-state index is 9.66. The molecule has 2 unspecified atom stereocenters. The Bertz CT molecular complexity index is 146. The normalized spacial score (nSPS) is 18.5. The van der Waals surface area contributed by atoms with E-state index >= 15 is 0 Å². The third-order valence-electron chi connectivity index (χ3n) is 2.07. The van der Waals surface area contributed by atoms with Crippen molar-refractivity contribution >= 4 is 0 Å². The predicted octanol–water partition coefficient (Wildman–Crippen LogP) is 0.878. The fourth-order valence-corrected chi connectivity index (χ4v) is 0.960. The first-order valence-corrected chi connectivity index (χ1v) is 3.87. The first-order valence-electron chi connectivity index (χ1n) is 3.87. The summed E-state index contributed by atoms with van der Waals surface area (Å²) in [5.74, 6) is 2.19. The zero-order chi connectivity index (χ0) is 8.91. The van der Waals surface area contributed by atoms with Crippen LogP contribution in [0.3, 0.4) is 0 Å². The van der Waals surface area contributed by atoms with Gasteiger partial charge in [-0.15, -0.1) is 0 Å². The van der Waals surface area contributed by atoms with Gasteiger partial charge in [0.05, 0.1) is 11.7 Å². The molecule has 1 radical (unpaired) electrons. The third kappa shape index (κ3) is 2.92. The molecule has 63 valence electrons. The fraction of sp³-hybridized carbons (Fsp3) is 0.778. The van der Waals surface area contributed by atoms with Crippen molar-refractivity contribution in [1.82, 2.24) is 0 Å². The van der Waals surface area contributed by atoms with Crippen LogP contribution in [0.4, 0.5) is 0 Å². The highest BCUT2D eigenvalue weighted by molar-refractivity contribution is 4.87. The smallest absolute Gasteiger partial charge is 0.0909 e. The van der Waals surface area contributed by atoms with Gasteiger partial charge in [-0.3, -0.25) is 0 Å². The van der Waals surface area contributed by atoms with Gasteiger partial charge in [0.25, 0.3) is 0 Å². The average molecular weight is 155 g/mol. The van der Waals surface area contributed by atoms with Gasteiger partial charge < -0.3 is 10.2 Å². The van der Waals surface area contributed by atoms with Crippen LogP contribution in [0.15, 0.2) is 0 Å². The fourth-order valence-electron chi connectivity index (χ4n) is 0.960. The second-order valence-corrected chi connectivity index (χ2v) is 2.81. The zero-order valence-electron chi connectivity index (χ0n) is 7.09. The maximum atomic E-state index is 9.66. The van der Waals surface area contributed by atoms with E-state index in [0.717, 1.165) is 0 Å². The Kier molecular flexibility index (Phi) is 4.17. The molecule has 0 aromatic rings. The monoisotopic (exact) mass is 155 g/mol. The highest BCUT2D eigenvalue weighted by atomic mass is 16.3. The van der Waals surface area contributed by atoms with Gasteiger partial charge in [0.15, 0.2) is 0 Å². The standard InChI is InChI=1S/C9H15O2/c1-4-6-7-9(11,5-2)8(3)10/h8,10-11H,5-7H2,2-3H3. The Morgan fingerprint density at radius 3 is 2.45 bits per heavy atom. The Hall–Kier alpha value is -0.520. The Morgan fingerprint density at radius 2 is 2.18 bits per heavy atom. The molecule has 0 rings (SSSR count). The summed E-state index contributed by atoms with van der Waals surface area (Å²) in [6.45, 7) is 3.38. The van der Waals surface area contributed by atoms with Crippen LogP contribution < -0.4 is 0 Å². The van der Waals surface area contributed by atoms with Crippen molar-refractivity contribution in [3.8, 4) is 5.92 Å². The molecule has 0 aliphatic carbocycles. The molecule has 0 saturated heterocycles. The summed E-state index contributed by atoms with van der Waals surface area (Å²) in [5.41, 5.74) is -1.03. The maximum Gasteiger partial charge on any atom is 0.0909 e. The van der Waals surface area contributed by atoms with Gasteiger partial charge in [-0.2, -0.15) is 0 Å². The van der Waals surface area contributed by atoms with Crippen molar-refractivity contribution in [2.24, 2.45) is 0 Å². The van der Waals surface area contributed by atoms with Gasteiger partial charge >= 0.3 is 0 Å². The minimum atomic E-state index is -1.03. The molecule has 0 aliphatic heterocycles. The molecule has 0 saturated carbocycles. The quantitative estimate of drug-likeness (QED) is 0.592. The van der Waals surface area contributed by atoms with E-state index < -0.39 is 11.7 Å². The molecule has 0 aromatic carbocycles. The van der Waals surface area contributed by atoms with Crippen LogP contribution >= 0.6 is 0 Å². The van der Waals surface area contributed by atoms with E-state index in [4.69, 9.17) is 11.5 Å². The van der Waals surface area contributed by atoms with Gasteiger partial charge in [-0.25, -0.2) is 0 Å². The van der Waals surface area contributed by atoms with E-state index in [1.165, 1.54) is 0 Å². The average Bonchev–Trinajstić information content (AvgIpc) is 2.00. The summed E-state index contributed by atoms with van der Waals surface area (Å²) in [6.07, 6.45) is 7.23. The lowest BCUT2D eigenvalue weighted by atomic mass is 9.90. The van der Waals surface area contributed by atoms with Crippen LogP contribution in [0, 0.1) is 12.3 Å². The van der Waals surface area contributed by atoms with E-state index in [1.807, 2.05) is 6.92 Å². The van der Waals surface area contributed by atoms with Crippen molar-refractivity contribution in [2.75, 3.05) is 0 Å². The summed E-state index contributed by atoms with van der Waals surface area (Å²) < 4.78 is 0. The molecule has 0 fully saturated rings. The Balaban J connectivity index is 4.01. The highest BCUT2D eigenvalue weighted by Gasteiger charge is 2.29. The van der Waals surface area contributed by atoms with Crippen LogP contribution in [0.5, 0.6) is 0 Å². The predicted molar refractivity (Wildman–Crippen MR) is 43.3 cm³/mol. The molecule has 2 heteroatoms. The van der Waals surface area contributed by atoms with E-state index in [1.54, 1.807) is 6.92 Å². The summed E-state index contributed by atoms with van der Waals surface area (Å²) in [7, 11) is 0. The number of rotatable bonds is 4. The number of hydrogen-bond acceptors (Lipinski definition) is 2. The summed E-state index contributed by atoms with van der Waals surface area (Å²) >= 11 is 0. The summed E-state index contributed by atoms with van der Waals surface area (Å²) in [5, 5.41) is 18.8. The first-order chi connectivity index (χ1) is 5.06. The van der Waals surface area contributed by atoms with Gasteiger partial charge in [-0.05, 0) is 26.2 Å². The Labute approximate surface area is 68.2 Å². The molecule has 0 aromatic heterocycles. The van der Waals surface area contributed by atoms with Crippen molar-refractivity contribution < 1.29 is 10.2 Å². The van der Waals surface area contributed by atoms with E-state index in [-0.39, 0.29) is 0 Å². The number of aliphatic hydroxyl groups excluding tert-OH is 1.